The van der Waals surface area contributed by atoms with Gasteiger partial charge in [-0.1, -0.05) is 31.4 Å². The van der Waals surface area contributed by atoms with Crippen LogP contribution in [0.15, 0.2) is 48.5 Å². The van der Waals surface area contributed by atoms with Gasteiger partial charge in [0.05, 0.1) is 6.54 Å². The van der Waals surface area contributed by atoms with Crippen molar-refractivity contribution in [1.29, 1.82) is 0 Å². The van der Waals surface area contributed by atoms with E-state index >= 15 is 0 Å². The molecule has 146 valence electrons. The van der Waals surface area contributed by atoms with Crippen molar-refractivity contribution in [1.82, 2.24) is 5.32 Å². The Balaban J connectivity index is 1.37. The average molecular weight is 377 g/mol. The SMILES string of the molecule is O=C1CN(c2ccc(NC(=O)c3ccc(C4CCCCC4)cc3)cc2)CCN1. The van der Waals surface area contributed by atoms with Gasteiger partial charge < -0.3 is 15.5 Å². The smallest absolute Gasteiger partial charge is 0.255 e. The molecule has 2 aromatic carbocycles. The van der Waals surface area contributed by atoms with E-state index < -0.39 is 0 Å². The Bertz CT molecular complexity index is 824. The van der Waals surface area contributed by atoms with E-state index in [0.29, 0.717) is 24.6 Å². The molecule has 2 amide bonds. The third-order valence-electron chi connectivity index (χ3n) is 5.78. The highest BCUT2D eigenvalue weighted by Gasteiger charge is 2.17. The van der Waals surface area contributed by atoms with E-state index in [-0.39, 0.29) is 11.8 Å². The van der Waals surface area contributed by atoms with Crippen LogP contribution < -0.4 is 15.5 Å². The summed E-state index contributed by atoms with van der Waals surface area (Å²) in [4.78, 5) is 26.1. The molecule has 1 aliphatic heterocycles. The molecule has 0 atom stereocenters. The van der Waals surface area contributed by atoms with Crippen LogP contribution in [0.2, 0.25) is 0 Å². The highest BCUT2D eigenvalue weighted by Crippen LogP contribution is 2.32. The van der Waals surface area contributed by atoms with Crippen molar-refractivity contribution in [2.24, 2.45) is 0 Å². The molecule has 2 fully saturated rings. The van der Waals surface area contributed by atoms with Crippen LogP contribution in [0.25, 0.3) is 0 Å². The van der Waals surface area contributed by atoms with E-state index in [4.69, 9.17) is 0 Å². The van der Waals surface area contributed by atoms with Gasteiger partial charge in [0.25, 0.3) is 5.91 Å². The van der Waals surface area contributed by atoms with Gasteiger partial charge in [0.1, 0.15) is 0 Å². The van der Waals surface area contributed by atoms with Gasteiger partial charge in [0.2, 0.25) is 5.91 Å². The number of piperazine rings is 1. The first-order chi connectivity index (χ1) is 13.7. The predicted molar refractivity (Wildman–Crippen MR) is 112 cm³/mol. The van der Waals surface area contributed by atoms with Gasteiger partial charge in [-0.05, 0) is 60.7 Å². The first kappa shape index (κ1) is 18.5. The number of amides is 2. The van der Waals surface area contributed by atoms with Gasteiger partial charge in [-0.3, -0.25) is 9.59 Å². The zero-order valence-electron chi connectivity index (χ0n) is 16.1. The van der Waals surface area contributed by atoms with Crippen LogP contribution in [0, 0.1) is 0 Å². The molecule has 0 aromatic heterocycles. The molecular weight excluding hydrogens is 350 g/mol. The van der Waals surface area contributed by atoms with E-state index in [1.165, 1.54) is 37.7 Å². The van der Waals surface area contributed by atoms with Crippen molar-refractivity contribution in [3.05, 3.63) is 59.7 Å². The summed E-state index contributed by atoms with van der Waals surface area (Å²) in [5, 5.41) is 5.78. The lowest BCUT2D eigenvalue weighted by Crippen LogP contribution is -2.47. The molecule has 4 rings (SSSR count). The Morgan fingerprint density at radius 1 is 0.964 bits per heavy atom. The standard InChI is InChI=1S/C23H27N3O2/c27-22-16-26(15-14-24-22)21-12-10-20(11-13-21)25-23(28)19-8-6-18(7-9-19)17-4-2-1-3-5-17/h6-13,17H,1-5,14-16H2,(H,24,27)(H,25,28). The molecule has 5 heteroatoms. The molecule has 2 aromatic rings. The zero-order chi connectivity index (χ0) is 19.3. The topological polar surface area (TPSA) is 61.4 Å². The summed E-state index contributed by atoms with van der Waals surface area (Å²) in [6.45, 7) is 1.83. The fourth-order valence-electron chi connectivity index (χ4n) is 4.16. The number of benzene rings is 2. The second-order valence-electron chi connectivity index (χ2n) is 7.73. The summed E-state index contributed by atoms with van der Waals surface area (Å²) >= 11 is 0. The average Bonchev–Trinajstić information content (AvgIpc) is 2.75. The van der Waals surface area contributed by atoms with Crippen LogP contribution >= 0.6 is 0 Å². The Hall–Kier alpha value is -2.82. The lowest BCUT2D eigenvalue weighted by Gasteiger charge is -2.28. The van der Waals surface area contributed by atoms with Crippen molar-refractivity contribution in [2.45, 2.75) is 38.0 Å². The minimum absolute atomic E-state index is 0.0419. The van der Waals surface area contributed by atoms with Crippen LogP contribution in [-0.2, 0) is 4.79 Å². The van der Waals surface area contributed by atoms with Crippen molar-refractivity contribution in [3.8, 4) is 0 Å². The van der Waals surface area contributed by atoms with E-state index in [1.54, 1.807) is 0 Å². The minimum Gasteiger partial charge on any atom is -0.360 e. The van der Waals surface area contributed by atoms with Crippen LogP contribution in [0.3, 0.4) is 0 Å². The maximum Gasteiger partial charge on any atom is 0.255 e. The van der Waals surface area contributed by atoms with Gasteiger partial charge in [-0.25, -0.2) is 0 Å². The molecule has 2 aliphatic rings. The summed E-state index contributed by atoms with van der Waals surface area (Å²) in [7, 11) is 0. The summed E-state index contributed by atoms with van der Waals surface area (Å²) < 4.78 is 0. The van der Waals surface area contributed by atoms with Gasteiger partial charge >= 0.3 is 0 Å². The van der Waals surface area contributed by atoms with Crippen LogP contribution in [0.1, 0.15) is 53.9 Å². The van der Waals surface area contributed by atoms with Crippen molar-refractivity contribution in [2.75, 3.05) is 29.9 Å². The fourth-order valence-corrected chi connectivity index (χ4v) is 4.16. The number of nitrogens with zero attached hydrogens (tertiary/aromatic N) is 1. The quantitative estimate of drug-likeness (QED) is 0.849. The number of nitrogens with one attached hydrogen (secondary N) is 2. The first-order valence-corrected chi connectivity index (χ1v) is 10.2. The molecule has 0 bridgehead atoms. The van der Waals surface area contributed by atoms with Gasteiger partial charge in [-0.2, -0.15) is 0 Å². The Morgan fingerprint density at radius 2 is 1.68 bits per heavy atom. The molecule has 1 aliphatic carbocycles. The second-order valence-corrected chi connectivity index (χ2v) is 7.73. The second kappa shape index (κ2) is 8.46. The summed E-state index contributed by atoms with van der Waals surface area (Å²) in [6, 6.07) is 15.7. The molecule has 1 heterocycles. The molecular formula is C23H27N3O2. The number of carbonyl (C=O) groups is 2. The number of anilines is 2. The van der Waals surface area contributed by atoms with Gasteiger partial charge in [0, 0.05) is 30.0 Å². The summed E-state index contributed by atoms with van der Waals surface area (Å²) in [6.07, 6.45) is 6.49. The largest absolute Gasteiger partial charge is 0.360 e. The van der Waals surface area contributed by atoms with Gasteiger partial charge in [-0.15, -0.1) is 0 Å². The lowest BCUT2D eigenvalue weighted by molar-refractivity contribution is -0.120. The fraction of sp³-hybridized carbons (Fsp3) is 0.391. The molecule has 28 heavy (non-hydrogen) atoms. The van der Waals surface area contributed by atoms with E-state index in [0.717, 1.165) is 17.9 Å². The monoisotopic (exact) mass is 377 g/mol. The predicted octanol–water partition coefficient (Wildman–Crippen LogP) is 3.92. The van der Waals surface area contributed by atoms with Crippen LogP contribution in [0.4, 0.5) is 11.4 Å². The number of hydrogen-bond acceptors (Lipinski definition) is 3. The van der Waals surface area contributed by atoms with Crippen molar-refractivity contribution >= 4 is 23.2 Å². The highest BCUT2D eigenvalue weighted by molar-refractivity contribution is 6.04. The van der Waals surface area contributed by atoms with E-state index in [1.807, 2.05) is 41.3 Å². The highest BCUT2D eigenvalue weighted by atomic mass is 16.2. The minimum atomic E-state index is -0.0969. The molecule has 0 unspecified atom stereocenters. The molecule has 5 nitrogen and oxygen atoms in total. The van der Waals surface area contributed by atoms with Crippen molar-refractivity contribution < 1.29 is 9.59 Å². The number of rotatable bonds is 4. The normalized spacial score (nSPS) is 17.9. The van der Waals surface area contributed by atoms with E-state index in [9.17, 15) is 9.59 Å². The Labute approximate surface area is 166 Å². The molecule has 0 radical (unpaired) electrons. The maximum absolute atomic E-state index is 12.6. The third-order valence-corrected chi connectivity index (χ3v) is 5.78. The molecule has 0 spiro atoms. The maximum atomic E-state index is 12.6. The molecule has 1 saturated carbocycles. The van der Waals surface area contributed by atoms with Crippen molar-refractivity contribution in [3.63, 3.8) is 0 Å². The molecule has 1 saturated heterocycles. The number of hydrogen-bond donors (Lipinski definition) is 2. The van der Waals surface area contributed by atoms with Crippen LogP contribution in [-0.4, -0.2) is 31.4 Å². The molecule has 2 N–H and O–H groups in total. The number of carbonyl (C=O) groups excluding carboxylic acids is 2. The lowest BCUT2D eigenvalue weighted by atomic mass is 9.84. The summed E-state index contributed by atoms with van der Waals surface area (Å²) in [5.74, 6) is 0.593. The third kappa shape index (κ3) is 4.35. The van der Waals surface area contributed by atoms with E-state index in [2.05, 4.69) is 22.8 Å². The summed E-state index contributed by atoms with van der Waals surface area (Å²) in [5.41, 5.74) is 3.78. The van der Waals surface area contributed by atoms with Crippen LogP contribution in [0.5, 0.6) is 0 Å². The first-order valence-electron chi connectivity index (χ1n) is 10.2. The Morgan fingerprint density at radius 3 is 2.36 bits per heavy atom. The van der Waals surface area contributed by atoms with Gasteiger partial charge in [0.15, 0.2) is 0 Å². The Kier molecular flexibility index (Phi) is 5.60. The zero-order valence-corrected chi connectivity index (χ0v) is 16.1.